The maximum atomic E-state index is 13.1. The summed E-state index contributed by atoms with van der Waals surface area (Å²) in [6.07, 6.45) is -0.231. The van der Waals surface area contributed by atoms with Crippen LogP contribution in [0.4, 0.5) is 10.5 Å². The van der Waals surface area contributed by atoms with Crippen molar-refractivity contribution in [3.05, 3.63) is 76.1 Å². The minimum Gasteiger partial charge on any atom is -0.445 e. The highest BCUT2D eigenvalue weighted by atomic mass is 35.5. The number of guanidine groups is 1. The third-order valence-corrected chi connectivity index (χ3v) is 5.91. The second-order valence-electron chi connectivity index (χ2n) is 9.24. The molecule has 0 aliphatic heterocycles. The maximum absolute atomic E-state index is 13.1. The molecule has 0 saturated carbocycles. The number of aryl methyl sites for hydroxylation is 1. The minimum absolute atomic E-state index is 0. The van der Waals surface area contributed by atoms with Crippen LogP contribution in [-0.2, 0) is 25.7 Å². The normalized spacial score (nSPS) is 10.9. The molecule has 1 aromatic heterocycles. The number of alkyl carbamates (subject to hydrolysis) is 1. The quantitative estimate of drug-likeness (QED) is 0.0636. The van der Waals surface area contributed by atoms with Gasteiger partial charge in [0.15, 0.2) is 5.96 Å². The largest absolute Gasteiger partial charge is 0.445 e. The molecule has 0 fully saturated rings. The average molecular weight is 616 g/mol. The van der Waals surface area contributed by atoms with Gasteiger partial charge in [0, 0.05) is 29.8 Å². The second-order valence-corrected chi connectivity index (χ2v) is 9.24. The number of anilines is 1. The number of nitrogens with two attached hydrogens (primary N) is 1. The summed E-state index contributed by atoms with van der Waals surface area (Å²) in [5.74, 6) is -2.06. The molecule has 0 radical (unpaired) electrons. The van der Waals surface area contributed by atoms with Crippen molar-refractivity contribution in [2.24, 2.45) is 5.73 Å². The number of benzene rings is 2. The van der Waals surface area contributed by atoms with Crippen molar-refractivity contribution in [3.63, 3.8) is 0 Å². The van der Waals surface area contributed by atoms with E-state index in [1.54, 1.807) is 43.3 Å². The van der Waals surface area contributed by atoms with Crippen LogP contribution in [0.1, 0.15) is 24.0 Å². The molecular formula is C28H34ClN7O7. The molecule has 0 bridgehead atoms. The van der Waals surface area contributed by atoms with Crippen molar-refractivity contribution in [1.82, 2.24) is 21.3 Å². The van der Waals surface area contributed by atoms with E-state index >= 15 is 0 Å². The van der Waals surface area contributed by atoms with Crippen molar-refractivity contribution < 1.29 is 28.3 Å². The Balaban J connectivity index is 0.00000645. The van der Waals surface area contributed by atoms with Gasteiger partial charge < -0.3 is 41.5 Å². The van der Waals surface area contributed by atoms with Crippen LogP contribution < -0.4 is 37.9 Å². The van der Waals surface area contributed by atoms with Crippen LogP contribution >= 0.6 is 12.4 Å². The molecule has 0 aliphatic carbocycles. The predicted octanol–water partition coefficient (Wildman–Crippen LogP) is 1.25. The molecule has 4 amide bonds. The van der Waals surface area contributed by atoms with Gasteiger partial charge in [0.05, 0.1) is 6.54 Å². The Bertz CT molecular complexity index is 1500. The fourth-order valence-corrected chi connectivity index (χ4v) is 3.84. The van der Waals surface area contributed by atoms with Gasteiger partial charge in [-0.25, -0.2) is 9.59 Å². The molecule has 3 rings (SSSR count). The number of rotatable bonds is 13. The zero-order valence-electron chi connectivity index (χ0n) is 23.4. The lowest BCUT2D eigenvalue weighted by molar-refractivity contribution is -0.128. The summed E-state index contributed by atoms with van der Waals surface area (Å²) in [6.45, 7) is 1.23. The predicted molar refractivity (Wildman–Crippen MR) is 162 cm³/mol. The van der Waals surface area contributed by atoms with Crippen molar-refractivity contribution >= 4 is 58.8 Å². The third-order valence-electron chi connectivity index (χ3n) is 5.91. The highest BCUT2D eigenvalue weighted by molar-refractivity contribution is 5.99. The van der Waals surface area contributed by atoms with Crippen LogP contribution in [-0.4, -0.2) is 55.5 Å². The lowest BCUT2D eigenvalue weighted by Gasteiger charge is -2.19. The first-order valence-electron chi connectivity index (χ1n) is 13.0. The highest BCUT2D eigenvalue weighted by Gasteiger charge is 2.21. The van der Waals surface area contributed by atoms with Crippen LogP contribution in [0.15, 0.2) is 63.8 Å². The number of fused-ring (bicyclic) bond motifs is 1. The van der Waals surface area contributed by atoms with Crippen LogP contribution in [0.25, 0.3) is 11.0 Å². The summed E-state index contributed by atoms with van der Waals surface area (Å²) in [4.78, 5) is 61.3. The van der Waals surface area contributed by atoms with Gasteiger partial charge in [-0.3, -0.25) is 19.8 Å². The van der Waals surface area contributed by atoms with Gasteiger partial charge in [0.25, 0.3) is 0 Å². The number of carbonyl (C=O) groups excluding carboxylic acids is 4. The topological polar surface area (TPSA) is 218 Å². The maximum Gasteiger partial charge on any atom is 0.407 e. The summed E-state index contributed by atoms with van der Waals surface area (Å²) < 4.78 is 10.3. The van der Waals surface area contributed by atoms with E-state index in [4.69, 9.17) is 20.3 Å². The van der Waals surface area contributed by atoms with E-state index in [1.165, 1.54) is 12.1 Å². The highest BCUT2D eigenvalue weighted by Crippen LogP contribution is 2.21. The first kappa shape index (κ1) is 34.1. The molecule has 230 valence electrons. The number of nitrogens with one attached hydrogen (secondary N) is 6. The molecule has 0 unspecified atom stereocenters. The monoisotopic (exact) mass is 615 g/mol. The smallest absolute Gasteiger partial charge is 0.407 e. The number of hydrogen-bond acceptors (Lipinski definition) is 8. The zero-order valence-corrected chi connectivity index (χ0v) is 24.2. The fraction of sp³-hybridized carbons (Fsp3) is 0.286. The van der Waals surface area contributed by atoms with Gasteiger partial charge in [0.1, 0.15) is 24.8 Å². The minimum atomic E-state index is -1.01. The first-order valence-corrected chi connectivity index (χ1v) is 13.0. The van der Waals surface area contributed by atoms with E-state index in [2.05, 4.69) is 26.6 Å². The number of hydrogen-bond donors (Lipinski definition) is 7. The third kappa shape index (κ3) is 11.7. The van der Waals surface area contributed by atoms with Gasteiger partial charge in [-0.05, 0) is 43.0 Å². The van der Waals surface area contributed by atoms with Crippen LogP contribution in [0, 0.1) is 12.3 Å². The molecule has 1 atom stereocenters. The number of amides is 4. The second kappa shape index (κ2) is 17.0. The summed E-state index contributed by atoms with van der Waals surface area (Å²) >= 11 is 0. The molecule has 1 heterocycles. The molecule has 14 nitrogen and oxygen atoms in total. The molecule has 0 spiro atoms. The van der Waals surface area contributed by atoms with E-state index < -0.39 is 48.6 Å². The molecule has 2 aromatic carbocycles. The van der Waals surface area contributed by atoms with Crippen LogP contribution in [0.2, 0.25) is 0 Å². The molecule has 0 saturated heterocycles. The van der Waals surface area contributed by atoms with Gasteiger partial charge in [-0.1, -0.05) is 30.3 Å². The molecule has 3 aromatic rings. The standard InChI is InChI=1S/C28H33N7O7.ClH/c1-17-12-25(38)42-22-13-19(9-10-20(17)22)34-26(39)21(8-5-11-31-27(29)30)35-24(37)15-32-23(36)14-33-28(40)41-16-18-6-3-2-4-7-18;/h2-4,6-7,9-10,12-13,21H,5,8,11,14-16H2,1H3,(H,32,36)(H,33,40)(H,34,39)(H,35,37)(H4,29,30,31);1H/t21-;/m0./s1. The Hall–Kier alpha value is -5.11. The van der Waals surface area contributed by atoms with E-state index in [1.807, 2.05) is 6.07 Å². The van der Waals surface area contributed by atoms with E-state index in [-0.39, 0.29) is 37.9 Å². The summed E-state index contributed by atoms with van der Waals surface area (Å²) in [6, 6.07) is 14.2. The Morgan fingerprint density at radius 3 is 2.42 bits per heavy atom. The summed E-state index contributed by atoms with van der Waals surface area (Å²) in [5.41, 5.74) is 6.92. The molecule has 15 heteroatoms. The first-order chi connectivity index (χ1) is 20.1. The van der Waals surface area contributed by atoms with Gasteiger partial charge in [0.2, 0.25) is 17.7 Å². The van der Waals surface area contributed by atoms with Crippen LogP contribution in [0.3, 0.4) is 0 Å². The fourth-order valence-electron chi connectivity index (χ4n) is 3.84. The lowest BCUT2D eigenvalue weighted by atomic mass is 10.1. The molecule has 8 N–H and O–H groups in total. The average Bonchev–Trinajstić information content (AvgIpc) is 2.95. The number of halogens is 1. The van der Waals surface area contributed by atoms with Crippen molar-refractivity contribution in [1.29, 1.82) is 5.41 Å². The molecular weight excluding hydrogens is 582 g/mol. The SMILES string of the molecule is Cc1cc(=O)oc2cc(NC(=O)[C@H](CCCNC(=N)N)NC(=O)CNC(=O)CNC(=O)OCc3ccccc3)ccc12.Cl. The number of ether oxygens (including phenoxy) is 1. The van der Waals surface area contributed by atoms with Gasteiger partial charge >= 0.3 is 11.7 Å². The summed E-state index contributed by atoms with van der Waals surface area (Å²) in [7, 11) is 0. The van der Waals surface area contributed by atoms with Gasteiger partial charge in [-0.15, -0.1) is 12.4 Å². The Labute approximate surface area is 253 Å². The van der Waals surface area contributed by atoms with E-state index in [9.17, 15) is 24.0 Å². The van der Waals surface area contributed by atoms with E-state index in [0.29, 0.717) is 23.1 Å². The van der Waals surface area contributed by atoms with Crippen molar-refractivity contribution in [2.75, 3.05) is 25.0 Å². The molecule has 43 heavy (non-hydrogen) atoms. The Morgan fingerprint density at radius 2 is 1.70 bits per heavy atom. The van der Waals surface area contributed by atoms with Crippen LogP contribution in [0.5, 0.6) is 0 Å². The van der Waals surface area contributed by atoms with Crippen molar-refractivity contribution in [3.8, 4) is 0 Å². The number of carbonyl (C=O) groups is 4. The Kier molecular flexibility index (Phi) is 13.5. The van der Waals surface area contributed by atoms with Gasteiger partial charge in [-0.2, -0.15) is 0 Å². The molecule has 0 aliphatic rings. The lowest BCUT2D eigenvalue weighted by Crippen LogP contribution is -2.48. The van der Waals surface area contributed by atoms with E-state index in [0.717, 1.165) is 11.1 Å². The Morgan fingerprint density at radius 1 is 0.977 bits per heavy atom. The summed E-state index contributed by atoms with van der Waals surface area (Å²) in [5, 5.41) is 20.5. The zero-order chi connectivity index (χ0) is 30.5. The van der Waals surface area contributed by atoms with Crippen molar-refractivity contribution in [2.45, 2.75) is 32.4 Å².